The zero-order valence-electron chi connectivity index (χ0n) is 13.9. The van der Waals surface area contributed by atoms with Gasteiger partial charge >= 0.3 is 0 Å². The van der Waals surface area contributed by atoms with E-state index in [2.05, 4.69) is 10.7 Å². The summed E-state index contributed by atoms with van der Waals surface area (Å²) in [6.07, 6.45) is 7.52. The number of aromatic nitrogens is 1. The Morgan fingerprint density at radius 2 is 1.96 bits per heavy atom. The molecule has 1 atom stereocenters. The standard InChI is InChI=1S/C18H24N4O2/c1-12(19)17(23)21-22-10-9-13-11-14(7-8-16(13)22)18(24)20-15-5-3-2-4-6-15/h7-12,15H,2-6,19H2,1H3,(H,20,24)(H,21,23). The zero-order valence-corrected chi connectivity index (χ0v) is 13.9. The van der Waals surface area contributed by atoms with Crippen molar-refractivity contribution in [2.24, 2.45) is 5.73 Å². The number of nitrogens with two attached hydrogens (primary N) is 1. The molecule has 1 saturated carbocycles. The molecule has 1 aliphatic carbocycles. The van der Waals surface area contributed by atoms with Gasteiger partial charge in [0.05, 0.1) is 11.6 Å². The first-order chi connectivity index (χ1) is 11.5. The van der Waals surface area contributed by atoms with Gasteiger partial charge in [-0.05, 0) is 44.0 Å². The first-order valence-electron chi connectivity index (χ1n) is 8.53. The lowest BCUT2D eigenvalue weighted by molar-refractivity contribution is -0.117. The molecule has 1 unspecified atom stereocenters. The minimum atomic E-state index is -0.581. The molecule has 0 bridgehead atoms. The summed E-state index contributed by atoms with van der Waals surface area (Å²) in [6, 6.07) is 7.05. The largest absolute Gasteiger partial charge is 0.349 e. The van der Waals surface area contributed by atoms with Gasteiger partial charge in [-0.1, -0.05) is 19.3 Å². The van der Waals surface area contributed by atoms with Crippen LogP contribution in [0.25, 0.3) is 10.9 Å². The summed E-state index contributed by atoms with van der Waals surface area (Å²) in [6.45, 7) is 1.63. The Bertz CT molecular complexity index is 745. The quantitative estimate of drug-likeness (QED) is 0.803. The topological polar surface area (TPSA) is 89.2 Å². The van der Waals surface area contributed by atoms with Crippen molar-refractivity contribution in [3.05, 3.63) is 36.0 Å². The Morgan fingerprint density at radius 1 is 1.21 bits per heavy atom. The van der Waals surface area contributed by atoms with E-state index in [1.807, 2.05) is 18.2 Å². The fraction of sp³-hybridized carbons (Fsp3) is 0.444. The number of nitrogens with zero attached hydrogens (tertiary/aromatic N) is 1. The van der Waals surface area contributed by atoms with Crippen LogP contribution >= 0.6 is 0 Å². The fourth-order valence-electron chi connectivity index (χ4n) is 3.12. The third-order valence-electron chi connectivity index (χ3n) is 4.54. The lowest BCUT2D eigenvalue weighted by atomic mass is 9.95. The van der Waals surface area contributed by atoms with E-state index in [9.17, 15) is 9.59 Å². The predicted molar refractivity (Wildman–Crippen MR) is 94.3 cm³/mol. The van der Waals surface area contributed by atoms with Gasteiger partial charge in [0.25, 0.3) is 11.8 Å². The van der Waals surface area contributed by atoms with Gasteiger partial charge in [-0.25, -0.2) is 0 Å². The van der Waals surface area contributed by atoms with Crippen molar-refractivity contribution in [3.8, 4) is 0 Å². The van der Waals surface area contributed by atoms with Crippen LogP contribution in [0, 0.1) is 0 Å². The van der Waals surface area contributed by atoms with Crippen LogP contribution in [0.4, 0.5) is 0 Å². The smallest absolute Gasteiger partial charge is 0.255 e. The Morgan fingerprint density at radius 3 is 2.67 bits per heavy atom. The highest BCUT2D eigenvalue weighted by Crippen LogP contribution is 2.20. The van der Waals surface area contributed by atoms with E-state index in [-0.39, 0.29) is 17.9 Å². The number of amides is 2. The molecule has 6 nitrogen and oxygen atoms in total. The molecule has 0 aliphatic heterocycles. The molecule has 0 radical (unpaired) electrons. The molecular formula is C18H24N4O2. The van der Waals surface area contributed by atoms with Crippen molar-refractivity contribution >= 4 is 22.7 Å². The molecule has 2 amide bonds. The van der Waals surface area contributed by atoms with Gasteiger partial charge in [0.1, 0.15) is 0 Å². The third kappa shape index (κ3) is 3.59. The average molecular weight is 328 g/mol. The van der Waals surface area contributed by atoms with E-state index >= 15 is 0 Å². The second kappa shape index (κ2) is 7.05. The monoisotopic (exact) mass is 328 g/mol. The summed E-state index contributed by atoms with van der Waals surface area (Å²) in [4.78, 5) is 24.2. The number of hydrogen-bond donors (Lipinski definition) is 3. The highest BCUT2D eigenvalue weighted by atomic mass is 16.2. The maximum atomic E-state index is 12.4. The molecule has 1 fully saturated rings. The Balaban J connectivity index is 1.74. The first-order valence-corrected chi connectivity index (χ1v) is 8.53. The van der Waals surface area contributed by atoms with Crippen LogP contribution in [0.2, 0.25) is 0 Å². The van der Waals surface area contributed by atoms with Gasteiger partial charge < -0.3 is 11.1 Å². The molecule has 2 aromatic rings. The summed E-state index contributed by atoms with van der Waals surface area (Å²) in [5, 5.41) is 4.02. The third-order valence-corrected chi connectivity index (χ3v) is 4.54. The van der Waals surface area contributed by atoms with Crippen molar-refractivity contribution in [2.75, 3.05) is 5.43 Å². The fourth-order valence-corrected chi connectivity index (χ4v) is 3.12. The first kappa shape index (κ1) is 16.5. The van der Waals surface area contributed by atoms with Gasteiger partial charge in [0.15, 0.2) is 0 Å². The van der Waals surface area contributed by atoms with Crippen LogP contribution < -0.4 is 16.5 Å². The van der Waals surface area contributed by atoms with Crippen LogP contribution in [-0.2, 0) is 4.79 Å². The maximum absolute atomic E-state index is 12.4. The van der Waals surface area contributed by atoms with E-state index in [0.717, 1.165) is 23.7 Å². The Labute approximate surface area is 141 Å². The number of fused-ring (bicyclic) bond motifs is 1. The van der Waals surface area contributed by atoms with Crippen molar-refractivity contribution in [3.63, 3.8) is 0 Å². The van der Waals surface area contributed by atoms with Crippen molar-refractivity contribution in [2.45, 2.75) is 51.1 Å². The van der Waals surface area contributed by atoms with Gasteiger partial charge in [0.2, 0.25) is 0 Å². The van der Waals surface area contributed by atoms with Gasteiger partial charge in [-0.2, -0.15) is 0 Å². The van der Waals surface area contributed by atoms with Crippen molar-refractivity contribution in [1.82, 2.24) is 9.99 Å². The molecule has 0 spiro atoms. The summed E-state index contributed by atoms with van der Waals surface area (Å²) < 4.78 is 1.63. The molecule has 0 saturated heterocycles. The predicted octanol–water partition coefficient (Wildman–Crippen LogP) is 2.12. The van der Waals surface area contributed by atoms with Crippen LogP contribution in [0.1, 0.15) is 49.4 Å². The minimum absolute atomic E-state index is 0.0313. The highest BCUT2D eigenvalue weighted by Gasteiger charge is 2.17. The summed E-state index contributed by atoms with van der Waals surface area (Å²) in [5.41, 5.74) is 9.78. The number of carbonyl (C=O) groups is 2. The molecule has 1 heterocycles. The van der Waals surface area contributed by atoms with E-state index in [0.29, 0.717) is 5.56 Å². The highest BCUT2D eigenvalue weighted by molar-refractivity contribution is 5.99. The molecule has 1 aromatic heterocycles. The average Bonchev–Trinajstić information content (AvgIpc) is 2.98. The lowest BCUT2D eigenvalue weighted by Gasteiger charge is -2.22. The van der Waals surface area contributed by atoms with E-state index in [1.165, 1.54) is 19.3 Å². The molecular weight excluding hydrogens is 304 g/mol. The zero-order chi connectivity index (χ0) is 17.1. The molecule has 4 N–H and O–H groups in total. The number of carbonyl (C=O) groups excluding carboxylic acids is 2. The summed E-state index contributed by atoms with van der Waals surface area (Å²) in [5.74, 6) is -0.289. The van der Waals surface area contributed by atoms with E-state index in [4.69, 9.17) is 5.73 Å². The SMILES string of the molecule is CC(N)C(=O)Nn1ccc2cc(C(=O)NC3CCCCC3)ccc21. The lowest BCUT2D eigenvalue weighted by Crippen LogP contribution is -2.36. The van der Waals surface area contributed by atoms with Gasteiger partial charge in [0, 0.05) is 23.2 Å². The molecule has 1 aromatic carbocycles. The van der Waals surface area contributed by atoms with Crippen LogP contribution in [-0.4, -0.2) is 28.6 Å². The van der Waals surface area contributed by atoms with Crippen LogP contribution in [0.3, 0.4) is 0 Å². The molecule has 1 aliphatic rings. The van der Waals surface area contributed by atoms with Gasteiger partial charge in [-0.15, -0.1) is 0 Å². The summed E-state index contributed by atoms with van der Waals surface area (Å²) in [7, 11) is 0. The van der Waals surface area contributed by atoms with Crippen LogP contribution in [0.15, 0.2) is 30.5 Å². The van der Waals surface area contributed by atoms with Crippen LogP contribution in [0.5, 0.6) is 0 Å². The summed E-state index contributed by atoms with van der Waals surface area (Å²) >= 11 is 0. The maximum Gasteiger partial charge on any atom is 0.255 e. The van der Waals surface area contributed by atoms with Crippen molar-refractivity contribution < 1.29 is 9.59 Å². The van der Waals surface area contributed by atoms with E-state index in [1.54, 1.807) is 23.9 Å². The molecule has 6 heteroatoms. The minimum Gasteiger partial charge on any atom is -0.349 e. The molecule has 24 heavy (non-hydrogen) atoms. The number of nitrogens with one attached hydrogen (secondary N) is 2. The molecule has 128 valence electrons. The van der Waals surface area contributed by atoms with E-state index < -0.39 is 6.04 Å². The second-order valence-corrected chi connectivity index (χ2v) is 6.53. The second-order valence-electron chi connectivity index (χ2n) is 6.53. The number of rotatable bonds is 4. The Kier molecular flexibility index (Phi) is 4.85. The van der Waals surface area contributed by atoms with Gasteiger partial charge in [-0.3, -0.25) is 19.7 Å². The number of hydrogen-bond acceptors (Lipinski definition) is 3. The Hall–Kier alpha value is -2.34. The normalized spacial score (nSPS) is 16.8. The number of benzene rings is 1. The van der Waals surface area contributed by atoms with Crippen molar-refractivity contribution in [1.29, 1.82) is 0 Å². The molecule has 3 rings (SSSR count).